The molecular formula is C57H61N3O11. The molecule has 0 radical (unpaired) electrons. The Kier molecular flexibility index (Phi) is 18.8. The van der Waals surface area contributed by atoms with E-state index in [0.29, 0.717) is 13.0 Å². The van der Waals surface area contributed by atoms with Crippen LogP contribution in [0.3, 0.4) is 0 Å². The fraction of sp³-hybridized carbons (Fsp3) is 0.368. The van der Waals surface area contributed by atoms with Crippen molar-refractivity contribution in [1.82, 2.24) is 0 Å². The van der Waals surface area contributed by atoms with Gasteiger partial charge in [-0.25, -0.2) is 0 Å². The van der Waals surface area contributed by atoms with Crippen molar-refractivity contribution < 1.29 is 52.1 Å². The van der Waals surface area contributed by atoms with E-state index in [1.165, 1.54) is 0 Å². The van der Waals surface area contributed by atoms with Crippen LogP contribution in [-0.4, -0.2) is 87.8 Å². The number of azide groups is 1. The van der Waals surface area contributed by atoms with Crippen molar-refractivity contribution in [1.29, 1.82) is 0 Å². The van der Waals surface area contributed by atoms with Crippen LogP contribution in [0.5, 0.6) is 0 Å². The fourth-order valence-corrected chi connectivity index (χ4v) is 8.95. The predicted octanol–water partition coefficient (Wildman–Crippen LogP) is 10.2. The molecule has 0 aliphatic carbocycles. The molecule has 1 unspecified atom stereocenters. The van der Waals surface area contributed by atoms with Gasteiger partial charge < -0.3 is 52.1 Å². The number of hydrogen-bond donors (Lipinski definition) is 0. The molecule has 3 saturated heterocycles. The largest absolute Gasteiger partial charge is 0.374 e. The average Bonchev–Trinajstić information content (AvgIpc) is 3.43. The second kappa shape index (κ2) is 26.6. The molecule has 3 aliphatic heterocycles. The van der Waals surface area contributed by atoms with Gasteiger partial charge in [-0.05, 0) is 39.8 Å². The van der Waals surface area contributed by atoms with Crippen LogP contribution in [0.25, 0.3) is 10.4 Å². The predicted molar refractivity (Wildman–Crippen MR) is 263 cm³/mol. The summed E-state index contributed by atoms with van der Waals surface area (Å²) in [6.07, 6.45) is -8.43. The van der Waals surface area contributed by atoms with Gasteiger partial charge in [0.25, 0.3) is 0 Å². The minimum absolute atomic E-state index is 0.0853. The highest BCUT2D eigenvalue weighted by Crippen LogP contribution is 2.40. The molecule has 11 atom stereocenters. The molecular weight excluding hydrogens is 903 g/mol. The Morgan fingerprint density at radius 3 is 1.46 bits per heavy atom. The van der Waals surface area contributed by atoms with Crippen LogP contribution < -0.4 is 0 Å². The summed E-state index contributed by atoms with van der Waals surface area (Å²) in [4.78, 5) is 2.92. The van der Waals surface area contributed by atoms with Gasteiger partial charge >= 0.3 is 0 Å². The summed E-state index contributed by atoms with van der Waals surface area (Å²) < 4.78 is 75.6. The van der Waals surface area contributed by atoms with E-state index in [1.54, 1.807) is 0 Å². The molecule has 0 amide bonds. The summed E-state index contributed by atoms with van der Waals surface area (Å²) >= 11 is 0. The van der Waals surface area contributed by atoms with Gasteiger partial charge in [-0.2, -0.15) is 0 Å². The lowest BCUT2D eigenvalue weighted by atomic mass is 9.95. The topological polar surface area (TPSA) is 150 Å². The van der Waals surface area contributed by atoms with E-state index >= 15 is 0 Å². The second-order valence-electron chi connectivity index (χ2n) is 17.6. The van der Waals surface area contributed by atoms with Gasteiger partial charge in [0, 0.05) is 23.6 Å². The lowest BCUT2D eigenvalue weighted by Gasteiger charge is -2.51. The van der Waals surface area contributed by atoms with Crippen molar-refractivity contribution in [3.05, 3.63) is 226 Å². The summed E-state index contributed by atoms with van der Waals surface area (Å²) in [6.45, 7) is 1.99. The molecule has 370 valence electrons. The van der Waals surface area contributed by atoms with E-state index in [-0.39, 0.29) is 52.8 Å². The van der Waals surface area contributed by atoms with Crippen molar-refractivity contribution in [3.63, 3.8) is 0 Å². The lowest BCUT2D eigenvalue weighted by Crippen LogP contribution is -2.67. The van der Waals surface area contributed by atoms with Crippen LogP contribution >= 0.6 is 0 Å². The maximum Gasteiger partial charge on any atom is 0.187 e. The minimum Gasteiger partial charge on any atom is -0.374 e. The second-order valence-corrected chi connectivity index (χ2v) is 17.6. The highest BCUT2D eigenvalue weighted by molar-refractivity contribution is 5.19. The van der Waals surface area contributed by atoms with Gasteiger partial charge in [-0.15, -0.1) is 0 Å². The van der Waals surface area contributed by atoms with E-state index in [2.05, 4.69) is 10.0 Å². The highest BCUT2D eigenvalue weighted by atomic mass is 16.8. The molecule has 0 spiro atoms. The van der Waals surface area contributed by atoms with Crippen molar-refractivity contribution >= 4 is 0 Å². The van der Waals surface area contributed by atoms with E-state index in [9.17, 15) is 0 Å². The molecule has 0 aromatic heterocycles. The zero-order valence-corrected chi connectivity index (χ0v) is 39.6. The summed E-state index contributed by atoms with van der Waals surface area (Å²) in [7, 11) is 0. The summed E-state index contributed by atoms with van der Waals surface area (Å²) in [6, 6.07) is 59.6. The van der Waals surface area contributed by atoms with E-state index in [4.69, 9.17) is 57.6 Å². The maximum absolute atomic E-state index is 9.01. The first-order valence-corrected chi connectivity index (χ1v) is 24.3. The molecule has 3 aliphatic rings. The highest BCUT2D eigenvalue weighted by Gasteiger charge is 2.56. The number of fused-ring (bicyclic) bond motifs is 1. The fourth-order valence-electron chi connectivity index (χ4n) is 8.95. The number of nitrogens with zero attached hydrogens (tertiary/aromatic N) is 3. The van der Waals surface area contributed by atoms with Crippen LogP contribution in [-0.2, 0) is 85.1 Å². The van der Waals surface area contributed by atoms with Gasteiger partial charge in [0.2, 0.25) is 0 Å². The summed E-state index contributed by atoms with van der Waals surface area (Å²) in [5.41, 5.74) is 14.7. The molecule has 0 N–H and O–H groups in total. The van der Waals surface area contributed by atoms with E-state index < -0.39 is 67.7 Å². The standard InChI is InChI=1S/C57H61N3O11/c58-60-59-32-19-33-62-56-53(65-37-44-26-13-4-14-27-44)51(63-35-42-22-9-2-10-23-42)49(47(68-56)39-61-34-41-20-7-1-8-21-41)71-57-54(66-38-45-28-15-5-16-29-45)52(64-36-43-24-11-3-12-25-43)50-48(69-57)40-67-55(70-50)46-30-17-6-18-31-46/h1-18,20-31,47-57H,19,32-40H2/t47-,48-,49-,50+,51+,52+,53-,54-,55?,56-,57+/m1/s1. The molecule has 6 aromatic rings. The number of rotatable bonds is 24. The molecule has 0 saturated carbocycles. The van der Waals surface area contributed by atoms with Gasteiger partial charge in [0.15, 0.2) is 18.9 Å². The first-order chi connectivity index (χ1) is 35.2. The Hall–Kier alpha value is -5.81. The number of benzene rings is 6. The molecule has 71 heavy (non-hydrogen) atoms. The summed E-state index contributed by atoms with van der Waals surface area (Å²) in [5.74, 6) is 0. The normalized spacial score (nSPS) is 26.2. The van der Waals surface area contributed by atoms with Crippen LogP contribution in [0.4, 0.5) is 0 Å². The minimum atomic E-state index is -1.08. The molecule has 14 nitrogen and oxygen atoms in total. The van der Waals surface area contributed by atoms with Crippen molar-refractivity contribution in [2.75, 3.05) is 26.4 Å². The van der Waals surface area contributed by atoms with Gasteiger partial charge in [0.1, 0.15) is 48.8 Å². The Balaban J connectivity index is 1.09. The Morgan fingerprint density at radius 2 is 0.944 bits per heavy atom. The molecule has 14 heteroatoms. The zero-order chi connectivity index (χ0) is 48.3. The molecule has 3 fully saturated rings. The maximum atomic E-state index is 9.01. The molecule has 0 bridgehead atoms. The lowest BCUT2D eigenvalue weighted by molar-refractivity contribution is -0.397. The average molecular weight is 964 g/mol. The summed E-state index contributed by atoms with van der Waals surface area (Å²) in [5, 5.41) is 3.72. The van der Waals surface area contributed by atoms with E-state index in [0.717, 1.165) is 33.4 Å². The molecule has 6 aromatic carbocycles. The van der Waals surface area contributed by atoms with Crippen molar-refractivity contribution in [2.24, 2.45) is 5.11 Å². The third-order valence-corrected chi connectivity index (χ3v) is 12.5. The molecule has 3 heterocycles. The third-order valence-electron chi connectivity index (χ3n) is 12.5. The van der Waals surface area contributed by atoms with Crippen LogP contribution in [0.2, 0.25) is 0 Å². The van der Waals surface area contributed by atoms with Crippen LogP contribution in [0.1, 0.15) is 46.1 Å². The van der Waals surface area contributed by atoms with Gasteiger partial charge in [-0.1, -0.05) is 187 Å². The van der Waals surface area contributed by atoms with Crippen LogP contribution in [0.15, 0.2) is 187 Å². The van der Waals surface area contributed by atoms with Gasteiger partial charge in [-0.3, -0.25) is 0 Å². The number of ether oxygens (including phenoxy) is 11. The smallest absolute Gasteiger partial charge is 0.187 e. The van der Waals surface area contributed by atoms with Crippen molar-refractivity contribution in [3.8, 4) is 0 Å². The Labute approximate surface area is 415 Å². The van der Waals surface area contributed by atoms with E-state index in [1.807, 2.05) is 182 Å². The monoisotopic (exact) mass is 963 g/mol. The quantitative estimate of drug-likeness (QED) is 0.0247. The first-order valence-electron chi connectivity index (χ1n) is 24.3. The number of hydrogen-bond acceptors (Lipinski definition) is 12. The SMILES string of the molecule is [N-]=[N+]=NCCCO[C@@H]1O[C@H](COCc2ccccc2)[C@@H](O[C@@H]2O[C@@H]3COC(c4ccccc4)O[C@@H]3[C@H](OCc3ccccc3)[C@H]2OCc2ccccc2)[C@H](OCc2ccccc2)[C@H]1OCc1ccccc1. The van der Waals surface area contributed by atoms with Crippen molar-refractivity contribution in [2.45, 2.75) is 107 Å². The first kappa shape index (κ1) is 50.1. The Bertz CT molecular complexity index is 2480. The Morgan fingerprint density at radius 1 is 0.479 bits per heavy atom. The zero-order valence-electron chi connectivity index (χ0n) is 39.6. The molecule has 9 rings (SSSR count). The third kappa shape index (κ3) is 14.2. The van der Waals surface area contributed by atoms with Gasteiger partial charge in [0.05, 0.1) is 46.2 Å². The van der Waals surface area contributed by atoms with Crippen LogP contribution in [0, 0.1) is 0 Å².